The Balaban J connectivity index is 1.75. The molecule has 0 saturated carbocycles. The molecule has 0 aliphatic heterocycles. The van der Waals surface area contributed by atoms with E-state index in [2.05, 4.69) is 36.2 Å². The smallest absolute Gasteiger partial charge is 0.164 e. The van der Waals surface area contributed by atoms with Gasteiger partial charge in [-0.05, 0) is 70.9 Å². The van der Waals surface area contributed by atoms with Crippen LogP contribution in [0.5, 0.6) is 0 Å². The number of hydrogen-bond acceptors (Lipinski definition) is 6. The zero-order chi connectivity index (χ0) is 18.1. The molecule has 1 N–H and O–H groups in total. The minimum absolute atomic E-state index is 0.356. The van der Waals surface area contributed by atoms with Crippen molar-refractivity contribution in [1.29, 1.82) is 0 Å². The number of hydrogen-bond donors (Lipinski definition) is 1. The molecule has 26 heavy (non-hydrogen) atoms. The summed E-state index contributed by atoms with van der Waals surface area (Å²) in [7, 11) is 4.23. The van der Waals surface area contributed by atoms with Crippen LogP contribution in [-0.4, -0.2) is 46.5 Å². The molecule has 4 rings (SSSR count). The maximum absolute atomic E-state index is 4.92. The maximum atomic E-state index is 4.92. The Morgan fingerprint density at radius 1 is 1.27 bits per heavy atom. The van der Waals surface area contributed by atoms with Crippen molar-refractivity contribution >= 4 is 27.4 Å². The van der Waals surface area contributed by atoms with Gasteiger partial charge in [-0.2, -0.15) is 0 Å². The second kappa shape index (κ2) is 7.29. The number of aryl methyl sites for hydroxylation is 2. The summed E-state index contributed by atoms with van der Waals surface area (Å²) in [6, 6.07) is 4.31. The van der Waals surface area contributed by atoms with Gasteiger partial charge in [0.15, 0.2) is 5.82 Å². The van der Waals surface area contributed by atoms with E-state index in [1.807, 2.05) is 29.7 Å². The standard InChI is InChI=1S/C20H25N5S/c1-13(9-11-25(2)3)22-19-17-15-7-4-8-16(15)26-20(17)24-18(23-19)14-6-5-10-21-12-14/h5-6,10,12-13H,4,7-9,11H2,1-3H3,(H,22,23,24). The first kappa shape index (κ1) is 17.4. The Bertz CT molecular complexity index is 903. The van der Waals surface area contributed by atoms with Crippen LogP contribution < -0.4 is 5.32 Å². The van der Waals surface area contributed by atoms with E-state index in [1.54, 1.807) is 6.20 Å². The van der Waals surface area contributed by atoms with Crippen LogP contribution in [0.3, 0.4) is 0 Å². The van der Waals surface area contributed by atoms with Crippen LogP contribution >= 0.6 is 11.3 Å². The molecule has 3 heterocycles. The van der Waals surface area contributed by atoms with E-state index in [-0.39, 0.29) is 0 Å². The molecule has 0 spiro atoms. The maximum Gasteiger partial charge on any atom is 0.164 e. The molecule has 136 valence electrons. The molecule has 6 heteroatoms. The van der Waals surface area contributed by atoms with E-state index in [0.717, 1.165) is 41.4 Å². The number of fused-ring (bicyclic) bond motifs is 3. The molecule has 1 aliphatic carbocycles. The lowest BCUT2D eigenvalue weighted by Gasteiger charge is -2.18. The third kappa shape index (κ3) is 3.44. The summed E-state index contributed by atoms with van der Waals surface area (Å²) >= 11 is 1.83. The van der Waals surface area contributed by atoms with Crippen LogP contribution in [0.2, 0.25) is 0 Å². The third-order valence-corrected chi connectivity index (χ3v) is 6.06. The Morgan fingerprint density at radius 3 is 2.92 bits per heavy atom. The van der Waals surface area contributed by atoms with Crippen LogP contribution in [0.25, 0.3) is 21.6 Å². The van der Waals surface area contributed by atoms with Gasteiger partial charge in [-0.1, -0.05) is 0 Å². The van der Waals surface area contributed by atoms with Crippen molar-refractivity contribution < 1.29 is 0 Å². The SMILES string of the molecule is CC(CCN(C)C)Nc1nc(-c2cccnc2)nc2sc3c(c12)CCC3. The first-order valence-electron chi connectivity index (χ1n) is 9.26. The Kier molecular flexibility index (Phi) is 4.87. The highest BCUT2D eigenvalue weighted by Crippen LogP contribution is 2.40. The third-order valence-electron chi connectivity index (χ3n) is 4.88. The topological polar surface area (TPSA) is 53.9 Å². The number of anilines is 1. The molecule has 0 bridgehead atoms. The summed E-state index contributed by atoms with van der Waals surface area (Å²) in [5.41, 5.74) is 2.43. The van der Waals surface area contributed by atoms with Gasteiger partial charge in [0.1, 0.15) is 10.6 Å². The predicted octanol–water partition coefficient (Wildman–Crippen LogP) is 3.99. The fourth-order valence-corrected chi connectivity index (χ4v) is 4.74. The molecule has 0 aromatic carbocycles. The van der Waals surface area contributed by atoms with Crippen molar-refractivity contribution in [2.75, 3.05) is 26.0 Å². The van der Waals surface area contributed by atoms with Crippen LogP contribution in [-0.2, 0) is 12.8 Å². The summed E-state index contributed by atoms with van der Waals surface area (Å²) in [6.45, 7) is 3.29. The van der Waals surface area contributed by atoms with E-state index >= 15 is 0 Å². The summed E-state index contributed by atoms with van der Waals surface area (Å²) < 4.78 is 0. The Morgan fingerprint density at radius 2 is 2.15 bits per heavy atom. The predicted molar refractivity (Wildman–Crippen MR) is 109 cm³/mol. The monoisotopic (exact) mass is 367 g/mol. The summed E-state index contributed by atoms with van der Waals surface area (Å²) in [4.78, 5) is 18.8. The van der Waals surface area contributed by atoms with Crippen molar-refractivity contribution in [2.45, 2.75) is 38.6 Å². The molecule has 1 unspecified atom stereocenters. The highest BCUT2D eigenvalue weighted by molar-refractivity contribution is 7.19. The first-order valence-corrected chi connectivity index (χ1v) is 10.1. The molecule has 0 fully saturated rings. The minimum Gasteiger partial charge on any atom is -0.367 e. The van der Waals surface area contributed by atoms with Gasteiger partial charge in [-0.15, -0.1) is 11.3 Å². The summed E-state index contributed by atoms with van der Waals surface area (Å²) in [5, 5.41) is 4.92. The first-order chi connectivity index (χ1) is 12.6. The number of nitrogens with zero attached hydrogens (tertiary/aromatic N) is 4. The van der Waals surface area contributed by atoms with E-state index in [4.69, 9.17) is 9.97 Å². The molecule has 0 radical (unpaired) electrons. The van der Waals surface area contributed by atoms with Crippen LogP contribution in [0.4, 0.5) is 5.82 Å². The minimum atomic E-state index is 0.356. The number of rotatable bonds is 6. The Hall–Kier alpha value is -2.05. The van der Waals surface area contributed by atoms with Gasteiger partial charge in [0.25, 0.3) is 0 Å². The summed E-state index contributed by atoms with van der Waals surface area (Å²) in [6.07, 6.45) is 8.26. The van der Waals surface area contributed by atoms with Gasteiger partial charge in [-0.25, -0.2) is 9.97 Å². The van der Waals surface area contributed by atoms with Crippen LogP contribution in [0, 0.1) is 0 Å². The zero-order valence-corrected chi connectivity index (χ0v) is 16.4. The Labute approximate surface area is 158 Å². The highest BCUT2D eigenvalue weighted by atomic mass is 32.1. The van der Waals surface area contributed by atoms with Crippen molar-refractivity contribution in [3.63, 3.8) is 0 Å². The van der Waals surface area contributed by atoms with E-state index in [0.29, 0.717) is 6.04 Å². The van der Waals surface area contributed by atoms with Gasteiger partial charge in [0.05, 0.1) is 5.39 Å². The van der Waals surface area contributed by atoms with Crippen LogP contribution in [0.15, 0.2) is 24.5 Å². The molecule has 1 atom stereocenters. The molecule has 0 amide bonds. The molecule has 3 aromatic rings. The van der Waals surface area contributed by atoms with Crippen molar-refractivity contribution in [3.8, 4) is 11.4 Å². The molecule has 3 aromatic heterocycles. The largest absolute Gasteiger partial charge is 0.367 e. The van der Waals surface area contributed by atoms with Gasteiger partial charge in [-0.3, -0.25) is 4.98 Å². The average Bonchev–Trinajstić information content (AvgIpc) is 3.21. The van der Waals surface area contributed by atoms with Gasteiger partial charge < -0.3 is 10.2 Å². The zero-order valence-electron chi connectivity index (χ0n) is 15.6. The van der Waals surface area contributed by atoms with E-state index < -0.39 is 0 Å². The molecular weight excluding hydrogens is 342 g/mol. The normalized spacial score (nSPS) is 14.8. The average molecular weight is 368 g/mol. The highest BCUT2D eigenvalue weighted by Gasteiger charge is 2.23. The second-order valence-corrected chi connectivity index (χ2v) is 8.40. The van der Waals surface area contributed by atoms with Crippen molar-refractivity contribution in [2.24, 2.45) is 0 Å². The van der Waals surface area contributed by atoms with E-state index in [9.17, 15) is 0 Å². The number of nitrogens with one attached hydrogen (secondary N) is 1. The molecule has 5 nitrogen and oxygen atoms in total. The number of thiophene rings is 1. The second-order valence-electron chi connectivity index (χ2n) is 7.31. The van der Waals surface area contributed by atoms with Crippen molar-refractivity contribution in [3.05, 3.63) is 35.0 Å². The lowest BCUT2D eigenvalue weighted by Crippen LogP contribution is -2.23. The van der Waals surface area contributed by atoms with Gasteiger partial charge in [0.2, 0.25) is 0 Å². The fourth-order valence-electron chi connectivity index (χ4n) is 3.48. The lowest BCUT2D eigenvalue weighted by molar-refractivity contribution is 0.390. The summed E-state index contributed by atoms with van der Waals surface area (Å²) in [5.74, 6) is 1.74. The van der Waals surface area contributed by atoms with E-state index in [1.165, 1.54) is 28.7 Å². The van der Waals surface area contributed by atoms with Gasteiger partial charge in [0, 0.05) is 28.9 Å². The fraction of sp³-hybridized carbons (Fsp3) is 0.450. The molecule has 0 saturated heterocycles. The lowest BCUT2D eigenvalue weighted by atomic mass is 10.1. The van der Waals surface area contributed by atoms with Crippen LogP contribution in [0.1, 0.15) is 30.2 Å². The molecular formula is C20H25N5S. The quantitative estimate of drug-likeness (QED) is 0.714. The molecule has 1 aliphatic rings. The number of pyridine rings is 1. The van der Waals surface area contributed by atoms with Gasteiger partial charge >= 0.3 is 0 Å². The van der Waals surface area contributed by atoms with Crippen molar-refractivity contribution in [1.82, 2.24) is 19.9 Å². The number of aromatic nitrogens is 3.